The van der Waals surface area contributed by atoms with Crippen molar-refractivity contribution in [1.29, 1.82) is 0 Å². The van der Waals surface area contributed by atoms with Crippen LogP contribution < -0.4 is 0 Å². The average molecular weight is 597 g/mol. The quantitative estimate of drug-likeness (QED) is 0.149. The molecule has 1 aliphatic heterocycles. The first-order valence-corrected chi connectivity index (χ1v) is 15.0. The molecule has 1 fully saturated rings. The van der Waals surface area contributed by atoms with Crippen LogP contribution in [0.25, 0.3) is 0 Å². The van der Waals surface area contributed by atoms with Gasteiger partial charge in [0.15, 0.2) is 0 Å². The van der Waals surface area contributed by atoms with Crippen molar-refractivity contribution in [1.82, 2.24) is 0 Å². The fourth-order valence-corrected chi connectivity index (χ4v) is 5.30. The Bertz CT molecular complexity index is 1370. The molecule has 5 rings (SSSR count). The van der Waals surface area contributed by atoms with Gasteiger partial charge in [0.1, 0.15) is 24.4 Å². The minimum Gasteiger partial charge on any atom is -0.469 e. The molecule has 44 heavy (non-hydrogen) atoms. The zero-order valence-corrected chi connectivity index (χ0v) is 25.0. The van der Waals surface area contributed by atoms with Crippen LogP contribution in [0.3, 0.4) is 0 Å². The van der Waals surface area contributed by atoms with Crippen LogP contribution in [-0.4, -0.2) is 50.2 Å². The van der Waals surface area contributed by atoms with Crippen LogP contribution in [0.5, 0.6) is 0 Å². The summed E-state index contributed by atoms with van der Waals surface area (Å²) in [6.07, 6.45) is -2.92. The summed E-state index contributed by atoms with van der Waals surface area (Å²) in [5.74, 6) is -0.391. The summed E-state index contributed by atoms with van der Waals surface area (Å²) in [7, 11) is 1.38. The van der Waals surface area contributed by atoms with Crippen molar-refractivity contribution in [3.8, 4) is 0 Å². The number of esters is 1. The Balaban J connectivity index is 1.43. The number of hydrogen-bond donors (Lipinski definition) is 0. The second-order valence-corrected chi connectivity index (χ2v) is 10.8. The summed E-state index contributed by atoms with van der Waals surface area (Å²) in [4.78, 5) is 12.6. The predicted molar refractivity (Wildman–Crippen MR) is 166 cm³/mol. The molecule has 0 radical (unpaired) electrons. The van der Waals surface area contributed by atoms with E-state index in [-0.39, 0.29) is 13.0 Å². The topological polar surface area (TPSA) is 72.5 Å². The highest BCUT2D eigenvalue weighted by Crippen LogP contribution is 2.32. The largest absolute Gasteiger partial charge is 0.469 e. The van der Waals surface area contributed by atoms with E-state index < -0.39 is 36.5 Å². The Morgan fingerprint density at radius 1 is 0.545 bits per heavy atom. The van der Waals surface area contributed by atoms with Gasteiger partial charge in [0, 0.05) is 0 Å². The molecule has 0 unspecified atom stereocenters. The van der Waals surface area contributed by atoms with Crippen molar-refractivity contribution >= 4 is 5.97 Å². The molecule has 0 amide bonds. The van der Waals surface area contributed by atoms with Crippen molar-refractivity contribution in [3.05, 3.63) is 144 Å². The summed E-state index contributed by atoms with van der Waals surface area (Å²) in [6.45, 7) is 1.66. The van der Waals surface area contributed by atoms with E-state index in [1.54, 1.807) is 0 Å². The molecule has 4 aromatic rings. The molecule has 1 heterocycles. The standard InChI is InChI=1S/C37H40O7/c1-39-34(38)22-32-35(41-24-29-16-8-3-9-17-29)37(43-26-31-20-12-5-13-21-31)36(42-25-30-18-10-4-11-19-30)33(44-32)27-40-23-28-14-6-2-7-15-28/h2-21,32-33,35-37H,22-27H2,1H3/t32-,33-,35-,36-,37-/m1/s1. The molecule has 0 spiro atoms. The highest BCUT2D eigenvalue weighted by atomic mass is 16.6. The monoisotopic (exact) mass is 596 g/mol. The lowest BCUT2D eigenvalue weighted by atomic mass is 9.92. The van der Waals surface area contributed by atoms with E-state index in [1.165, 1.54) is 7.11 Å². The average Bonchev–Trinajstić information content (AvgIpc) is 3.08. The lowest BCUT2D eigenvalue weighted by Crippen LogP contribution is -2.61. The lowest BCUT2D eigenvalue weighted by Gasteiger charge is -2.46. The molecule has 0 N–H and O–H groups in total. The second-order valence-electron chi connectivity index (χ2n) is 10.8. The molecular formula is C37H40O7. The van der Waals surface area contributed by atoms with Crippen LogP contribution in [-0.2, 0) is 59.6 Å². The summed E-state index contributed by atoms with van der Waals surface area (Å²) in [6, 6.07) is 39.8. The van der Waals surface area contributed by atoms with Gasteiger partial charge in [-0.25, -0.2) is 0 Å². The van der Waals surface area contributed by atoms with Crippen molar-refractivity contribution in [3.63, 3.8) is 0 Å². The number of rotatable bonds is 15. The highest BCUT2D eigenvalue weighted by Gasteiger charge is 2.49. The van der Waals surface area contributed by atoms with Crippen LogP contribution in [0.15, 0.2) is 121 Å². The molecule has 5 atom stereocenters. The summed E-state index contributed by atoms with van der Waals surface area (Å²) >= 11 is 0. The molecule has 0 aromatic heterocycles. The number of carbonyl (C=O) groups is 1. The van der Waals surface area contributed by atoms with Crippen molar-refractivity contribution in [2.75, 3.05) is 13.7 Å². The first kappa shape index (κ1) is 31.6. The van der Waals surface area contributed by atoms with E-state index in [0.717, 1.165) is 22.3 Å². The Hall–Kier alpha value is -3.85. The maximum absolute atomic E-state index is 12.6. The Morgan fingerprint density at radius 2 is 0.932 bits per heavy atom. The van der Waals surface area contributed by atoms with Gasteiger partial charge < -0.3 is 28.4 Å². The first-order chi connectivity index (χ1) is 21.7. The number of hydrogen-bond acceptors (Lipinski definition) is 7. The third-order valence-electron chi connectivity index (χ3n) is 7.58. The van der Waals surface area contributed by atoms with E-state index in [0.29, 0.717) is 26.4 Å². The normalized spacial score (nSPS) is 21.5. The second kappa shape index (κ2) is 16.9. The number of methoxy groups -OCH3 is 1. The summed E-state index contributed by atoms with van der Waals surface area (Å²) in [5.41, 5.74) is 4.10. The zero-order valence-electron chi connectivity index (χ0n) is 25.0. The van der Waals surface area contributed by atoms with Gasteiger partial charge in [-0.1, -0.05) is 121 Å². The Morgan fingerprint density at radius 3 is 1.36 bits per heavy atom. The number of benzene rings is 4. The van der Waals surface area contributed by atoms with Crippen molar-refractivity contribution in [2.45, 2.75) is 63.4 Å². The van der Waals surface area contributed by atoms with Gasteiger partial charge in [0.05, 0.1) is 52.7 Å². The fourth-order valence-electron chi connectivity index (χ4n) is 5.30. The molecule has 7 heteroatoms. The molecule has 230 valence electrons. The van der Waals surface area contributed by atoms with Crippen LogP contribution in [0.1, 0.15) is 28.7 Å². The van der Waals surface area contributed by atoms with E-state index in [1.807, 2.05) is 121 Å². The fraction of sp³-hybridized carbons (Fsp3) is 0.324. The summed E-state index contributed by atoms with van der Waals surface area (Å²) < 4.78 is 37.7. The number of carbonyl (C=O) groups excluding carboxylic acids is 1. The maximum atomic E-state index is 12.6. The zero-order chi connectivity index (χ0) is 30.4. The van der Waals surface area contributed by atoms with E-state index in [9.17, 15) is 4.79 Å². The SMILES string of the molecule is COC(=O)C[C@H]1O[C@H](COCc2ccccc2)[C@@H](OCc2ccccc2)[C@H](OCc2ccccc2)[C@@H]1OCc1ccccc1. The highest BCUT2D eigenvalue weighted by molar-refractivity contribution is 5.69. The van der Waals surface area contributed by atoms with Crippen molar-refractivity contribution < 1.29 is 33.2 Å². The van der Waals surface area contributed by atoms with Gasteiger partial charge in [-0.15, -0.1) is 0 Å². The van der Waals surface area contributed by atoms with Gasteiger partial charge in [-0.05, 0) is 22.3 Å². The molecular weight excluding hydrogens is 556 g/mol. The molecule has 1 saturated heterocycles. The van der Waals surface area contributed by atoms with E-state index in [2.05, 4.69) is 0 Å². The molecule has 0 bridgehead atoms. The minimum atomic E-state index is -0.645. The van der Waals surface area contributed by atoms with E-state index >= 15 is 0 Å². The third-order valence-corrected chi connectivity index (χ3v) is 7.58. The maximum Gasteiger partial charge on any atom is 0.308 e. The van der Waals surface area contributed by atoms with E-state index in [4.69, 9.17) is 28.4 Å². The Kier molecular flexibility index (Phi) is 12.1. The minimum absolute atomic E-state index is 0.00173. The molecule has 0 aliphatic carbocycles. The van der Waals surface area contributed by atoms with Gasteiger partial charge in [-0.3, -0.25) is 4.79 Å². The first-order valence-electron chi connectivity index (χ1n) is 15.0. The third kappa shape index (κ3) is 9.32. The predicted octanol–water partition coefficient (Wildman–Crippen LogP) is 6.29. The van der Waals surface area contributed by atoms with Crippen LogP contribution in [0.2, 0.25) is 0 Å². The Labute approximate surface area is 259 Å². The molecule has 4 aromatic carbocycles. The van der Waals surface area contributed by atoms with Crippen LogP contribution >= 0.6 is 0 Å². The van der Waals surface area contributed by atoms with Crippen LogP contribution in [0.4, 0.5) is 0 Å². The molecule has 0 saturated carbocycles. The molecule has 1 aliphatic rings. The van der Waals surface area contributed by atoms with Gasteiger partial charge in [0.2, 0.25) is 0 Å². The van der Waals surface area contributed by atoms with Crippen molar-refractivity contribution in [2.24, 2.45) is 0 Å². The lowest BCUT2D eigenvalue weighted by molar-refractivity contribution is -0.273. The van der Waals surface area contributed by atoms with Gasteiger partial charge in [-0.2, -0.15) is 0 Å². The van der Waals surface area contributed by atoms with Gasteiger partial charge in [0.25, 0.3) is 0 Å². The molecule has 7 nitrogen and oxygen atoms in total. The van der Waals surface area contributed by atoms with Crippen LogP contribution in [0, 0.1) is 0 Å². The smallest absolute Gasteiger partial charge is 0.308 e. The summed E-state index contributed by atoms with van der Waals surface area (Å²) in [5, 5.41) is 0. The van der Waals surface area contributed by atoms with Gasteiger partial charge >= 0.3 is 5.97 Å². The number of ether oxygens (including phenoxy) is 6.